The maximum absolute atomic E-state index is 13.7. The molecule has 1 fully saturated rings. The van der Waals surface area contributed by atoms with E-state index < -0.39 is 0 Å². The highest BCUT2D eigenvalue weighted by Gasteiger charge is 2.29. The summed E-state index contributed by atoms with van der Waals surface area (Å²) in [6.45, 7) is 3.34. The second-order valence-corrected chi connectivity index (χ2v) is 8.88. The first-order valence-electron chi connectivity index (χ1n) is 11.3. The van der Waals surface area contributed by atoms with Gasteiger partial charge in [-0.1, -0.05) is 12.2 Å². The second-order valence-electron chi connectivity index (χ2n) is 8.88. The van der Waals surface area contributed by atoms with Gasteiger partial charge in [-0.05, 0) is 62.9 Å². The van der Waals surface area contributed by atoms with Crippen LogP contribution in [0.1, 0.15) is 37.3 Å². The molecule has 0 aliphatic carbocycles. The lowest BCUT2D eigenvalue weighted by Crippen LogP contribution is -2.39. The molecule has 2 aliphatic heterocycles. The molecule has 0 radical (unpaired) electrons. The fourth-order valence-electron chi connectivity index (χ4n) is 5.10. The average Bonchev–Trinajstić information content (AvgIpc) is 3.19. The van der Waals surface area contributed by atoms with E-state index in [1.54, 1.807) is 35.0 Å². The van der Waals surface area contributed by atoms with Crippen molar-refractivity contribution in [3.63, 3.8) is 0 Å². The van der Waals surface area contributed by atoms with E-state index in [1.807, 2.05) is 16.7 Å². The number of nitrogens with zero attached hydrogens (tertiary/aromatic N) is 4. The maximum Gasteiger partial charge on any atom is 0.252 e. The van der Waals surface area contributed by atoms with Crippen molar-refractivity contribution >= 4 is 17.1 Å². The molecule has 0 unspecified atom stereocenters. The van der Waals surface area contributed by atoms with E-state index in [4.69, 9.17) is 0 Å². The minimum Gasteiger partial charge on any atom is -0.301 e. The summed E-state index contributed by atoms with van der Waals surface area (Å²) in [6.07, 6.45) is 11.1. The lowest BCUT2D eigenvalue weighted by atomic mass is 9.92. The van der Waals surface area contributed by atoms with Crippen LogP contribution >= 0.6 is 0 Å². The Bertz CT molecular complexity index is 1270. The maximum atomic E-state index is 13.7. The van der Waals surface area contributed by atoms with Crippen LogP contribution in [0.2, 0.25) is 0 Å². The standard InChI is InChI=1S/C25H27FN4O2/c26-22-9-12-27-15-20(22)4-2-1-3-18-10-13-28(14-11-18)16-21-17-29-23(31)7-5-19-6-8-24(32)30(21)25(19)29/h2,4-9,12,15,18,21H,1,3,10-11,13-14,16-17H2/b4-2+/t21-/m1/s1. The minimum absolute atomic E-state index is 0.00448. The lowest BCUT2D eigenvalue weighted by molar-refractivity contribution is 0.157. The van der Waals surface area contributed by atoms with E-state index in [0.717, 1.165) is 56.4 Å². The van der Waals surface area contributed by atoms with Crippen LogP contribution in [-0.4, -0.2) is 38.7 Å². The van der Waals surface area contributed by atoms with Crippen molar-refractivity contribution < 1.29 is 4.39 Å². The minimum atomic E-state index is -0.240. The third-order valence-corrected chi connectivity index (χ3v) is 6.83. The van der Waals surface area contributed by atoms with Gasteiger partial charge >= 0.3 is 0 Å². The van der Waals surface area contributed by atoms with E-state index in [9.17, 15) is 14.0 Å². The first kappa shape index (κ1) is 20.8. The first-order valence-corrected chi connectivity index (χ1v) is 11.3. The Balaban J connectivity index is 1.16. The highest BCUT2D eigenvalue weighted by atomic mass is 19.1. The van der Waals surface area contributed by atoms with Crippen molar-refractivity contribution in [3.05, 3.63) is 80.9 Å². The molecule has 0 N–H and O–H groups in total. The molecule has 3 aromatic heterocycles. The number of pyridine rings is 3. The van der Waals surface area contributed by atoms with E-state index in [-0.39, 0.29) is 23.0 Å². The molecule has 2 aliphatic rings. The first-order chi connectivity index (χ1) is 15.6. The van der Waals surface area contributed by atoms with E-state index in [0.29, 0.717) is 18.0 Å². The summed E-state index contributed by atoms with van der Waals surface area (Å²) in [5.74, 6) is 0.417. The van der Waals surface area contributed by atoms with Gasteiger partial charge < -0.3 is 4.90 Å². The van der Waals surface area contributed by atoms with Crippen molar-refractivity contribution in [1.29, 1.82) is 0 Å². The average molecular weight is 435 g/mol. The molecule has 0 spiro atoms. The van der Waals surface area contributed by atoms with Gasteiger partial charge in [0.1, 0.15) is 11.5 Å². The fourth-order valence-corrected chi connectivity index (χ4v) is 5.10. The molecule has 166 valence electrons. The van der Waals surface area contributed by atoms with Gasteiger partial charge in [-0.3, -0.25) is 23.7 Å². The van der Waals surface area contributed by atoms with Crippen LogP contribution < -0.4 is 11.1 Å². The molecular weight excluding hydrogens is 407 g/mol. The number of likely N-dealkylation sites (tertiary alicyclic amines) is 1. The molecule has 1 saturated heterocycles. The van der Waals surface area contributed by atoms with Gasteiger partial charge in [0.15, 0.2) is 0 Å². The van der Waals surface area contributed by atoms with Gasteiger partial charge in [-0.15, -0.1) is 0 Å². The summed E-state index contributed by atoms with van der Waals surface area (Å²) in [7, 11) is 0. The summed E-state index contributed by atoms with van der Waals surface area (Å²) in [5.41, 5.74) is 1.20. The van der Waals surface area contributed by atoms with Gasteiger partial charge in [0.25, 0.3) is 11.1 Å². The Morgan fingerprint density at radius 2 is 1.84 bits per heavy atom. The van der Waals surface area contributed by atoms with Crippen LogP contribution in [0.25, 0.3) is 17.1 Å². The number of hydrogen-bond donors (Lipinski definition) is 0. The molecule has 32 heavy (non-hydrogen) atoms. The van der Waals surface area contributed by atoms with Gasteiger partial charge in [0.05, 0.1) is 6.04 Å². The molecule has 3 aromatic rings. The van der Waals surface area contributed by atoms with Crippen molar-refractivity contribution in [3.8, 4) is 0 Å². The largest absolute Gasteiger partial charge is 0.301 e. The van der Waals surface area contributed by atoms with Crippen LogP contribution in [0, 0.1) is 11.7 Å². The van der Waals surface area contributed by atoms with Crippen molar-refractivity contribution in [2.24, 2.45) is 5.92 Å². The van der Waals surface area contributed by atoms with Crippen LogP contribution in [0.4, 0.5) is 4.39 Å². The zero-order chi connectivity index (χ0) is 22.1. The van der Waals surface area contributed by atoms with Gasteiger partial charge in [-0.2, -0.15) is 0 Å². The molecular formula is C25H27FN4O2. The Hall–Kier alpha value is -3.06. The van der Waals surface area contributed by atoms with Crippen molar-refractivity contribution in [2.75, 3.05) is 19.6 Å². The summed E-state index contributed by atoms with van der Waals surface area (Å²) >= 11 is 0. The molecule has 7 heteroatoms. The van der Waals surface area contributed by atoms with Crippen molar-refractivity contribution in [2.45, 2.75) is 38.3 Å². The molecule has 5 heterocycles. The van der Waals surface area contributed by atoms with E-state index in [1.165, 1.54) is 12.3 Å². The number of aromatic nitrogens is 3. The topological polar surface area (TPSA) is 60.1 Å². The summed E-state index contributed by atoms with van der Waals surface area (Å²) in [6, 6.07) is 8.16. The molecule has 5 rings (SSSR count). The fraction of sp³-hybridized carbons (Fsp3) is 0.400. The smallest absolute Gasteiger partial charge is 0.252 e. The van der Waals surface area contributed by atoms with Crippen LogP contribution in [0.15, 0.2) is 58.4 Å². The Morgan fingerprint density at radius 3 is 2.62 bits per heavy atom. The summed E-state index contributed by atoms with van der Waals surface area (Å²) in [5, 5.41) is 0.935. The quantitative estimate of drug-likeness (QED) is 0.596. The lowest BCUT2D eigenvalue weighted by Gasteiger charge is -2.33. The molecule has 0 amide bonds. The van der Waals surface area contributed by atoms with Crippen LogP contribution in [0.5, 0.6) is 0 Å². The molecule has 0 bridgehead atoms. The Morgan fingerprint density at radius 1 is 1.06 bits per heavy atom. The number of rotatable bonds is 6. The number of hydrogen-bond acceptors (Lipinski definition) is 4. The zero-order valence-corrected chi connectivity index (χ0v) is 18.0. The predicted octanol–water partition coefficient (Wildman–Crippen LogP) is 3.46. The summed E-state index contributed by atoms with van der Waals surface area (Å²) in [4.78, 5) is 31.3. The Labute approximate surface area is 185 Å². The Kier molecular flexibility index (Phi) is 5.74. The molecule has 6 nitrogen and oxygen atoms in total. The normalized spacial score (nSPS) is 19.3. The predicted molar refractivity (Wildman–Crippen MR) is 123 cm³/mol. The van der Waals surface area contributed by atoms with Gasteiger partial charge in [0.2, 0.25) is 0 Å². The van der Waals surface area contributed by atoms with Crippen LogP contribution in [0.3, 0.4) is 0 Å². The number of piperidine rings is 1. The monoisotopic (exact) mass is 434 g/mol. The second kappa shape index (κ2) is 8.82. The van der Waals surface area contributed by atoms with Gasteiger partial charge in [0, 0.05) is 48.6 Å². The zero-order valence-electron chi connectivity index (χ0n) is 18.0. The van der Waals surface area contributed by atoms with E-state index in [2.05, 4.69) is 9.88 Å². The third kappa shape index (κ3) is 4.05. The number of allylic oxidation sites excluding steroid dienone is 1. The van der Waals surface area contributed by atoms with E-state index >= 15 is 0 Å². The molecule has 1 atom stereocenters. The molecule has 0 saturated carbocycles. The molecule has 0 aromatic carbocycles. The van der Waals surface area contributed by atoms with Gasteiger partial charge in [-0.25, -0.2) is 4.39 Å². The summed E-state index contributed by atoms with van der Waals surface area (Å²) < 4.78 is 17.2. The van der Waals surface area contributed by atoms with Crippen LogP contribution in [-0.2, 0) is 6.54 Å². The third-order valence-electron chi connectivity index (χ3n) is 6.83. The SMILES string of the molecule is O=c1ccc2ccc(=O)n3c2n1C[C@H]3CN1CCC(CC/C=C/c2cnccc2F)CC1. The highest BCUT2D eigenvalue weighted by Crippen LogP contribution is 2.27. The van der Waals surface area contributed by atoms with Crippen molar-refractivity contribution in [1.82, 2.24) is 19.0 Å². The number of halogens is 1. The highest BCUT2D eigenvalue weighted by molar-refractivity contribution is 5.76.